The Morgan fingerprint density at radius 2 is 1.29 bits per heavy atom. The van der Waals surface area contributed by atoms with Gasteiger partial charge in [-0.3, -0.25) is 9.36 Å². The van der Waals surface area contributed by atoms with Crippen LogP contribution in [0, 0.1) is 6.92 Å². The summed E-state index contributed by atoms with van der Waals surface area (Å²) in [6, 6.07) is 35.9. The van der Waals surface area contributed by atoms with Gasteiger partial charge in [0.1, 0.15) is 5.75 Å². The second kappa shape index (κ2) is 13.0. The summed E-state index contributed by atoms with van der Waals surface area (Å²) in [6.45, 7) is 2.86. The Kier molecular flexibility index (Phi) is 8.96. The Labute approximate surface area is 244 Å². The molecule has 0 radical (unpaired) electrons. The highest BCUT2D eigenvalue weighted by molar-refractivity contribution is 7.99. The maximum Gasteiger partial charge on any atom is 0.233 e. The number of benzene rings is 4. The molecule has 7 nitrogen and oxygen atoms in total. The molecule has 1 aromatic heterocycles. The molecule has 5 aromatic rings. The maximum absolute atomic E-state index is 13.6. The Balaban J connectivity index is 1.39. The number of aryl methyl sites for hydroxylation is 1. The van der Waals surface area contributed by atoms with Crippen molar-refractivity contribution in [3.63, 3.8) is 0 Å². The number of nitrogens with zero attached hydrogens (tertiary/aromatic N) is 4. The van der Waals surface area contributed by atoms with E-state index in [2.05, 4.69) is 10.2 Å². The van der Waals surface area contributed by atoms with E-state index in [4.69, 9.17) is 0 Å². The average Bonchev–Trinajstić information content (AvgIpc) is 3.38. The maximum atomic E-state index is 13.6. The van der Waals surface area contributed by atoms with Gasteiger partial charge in [-0.05, 0) is 42.3 Å². The predicted molar refractivity (Wildman–Crippen MR) is 161 cm³/mol. The van der Waals surface area contributed by atoms with Gasteiger partial charge < -0.3 is 4.90 Å². The summed E-state index contributed by atoms with van der Waals surface area (Å²) < 4.78 is 28.2. The summed E-state index contributed by atoms with van der Waals surface area (Å²) in [5.74, 6) is 0.0342. The summed E-state index contributed by atoms with van der Waals surface area (Å²) >= 11 is 1.25. The zero-order valence-corrected chi connectivity index (χ0v) is 24.3. The molecule has 0 unspecified atom stereocenters. The summed E-state index contributed by atoms with van der Waals surface area (Å²) in [5.41, 5.74) is 3.79. The number of rotatable bonds is 11. The Bertz CT molecular complexity index is 1650. The van der Waals surface area contributed by atoms with E-state index in [9.17, 15) is 13.2 Å². The fourth-order valence-electron chi connectivity index (χ4n) is 4.38. The van der Waals surface area contributed by atoms with Crippen molar-refractivity contribution in [2.24, 2.45) is 0 Å². The minimum Gasteiger partial charge on any atom is -0.333 e. The third-order valence-corrected chi connectivity index (χ3v) is 9.07. The SMILES string of the molecule is Cc1ccc(S(=O)(=O)Cc2nnc(SCC(=O)N(Cc3ccccc3)Cc3ccccc3)n2-c2ccccc2)cc1. The molecule has 0 atom stereocenters. The topological polar surface area (TPSA) is 85.2 Å². The molecule has 9 heteroatoms. The van der Waals surface area contributed by atoms with Gasteiger partial charge in [-0.25, -0.2) is 8.42 Å². The molecule has 0 aliphatic carbocycles. The van der Waals surface area contributed by atoms with Crippen LogP contribution in [-0.2, 0) is 33.5 Å². The highest BCUT2D eigenvalue weighted by Crippen LogP contribution is 2.26. The number of thioether (sulfide) groups is 1. The molecule has 1 heterocycles. The first kappa shape index (κ1) is 28.3. The van der Waals surface area contributed by atoms with Crippen LogP contribution in [0.5, 0.6) is 0 Å². The van der Waals surface area contributed by atoms with E-state index in [-0.39, 0.29) is 28.1 Å². The van der Waals surface area contributed by atoms with Crippen LogP contribution < -0.4 is 0 Å². The molecule has 0 spiro atoms. The first-order chi connectivity index (χ1) is 19.9. The van der Waals surface area contributed by atoms with Gasteiger partial charge in [0.05, 0.1) is 10.6 Å². The summed E-state index contributed by atoms with van der Waals surface area (Å²) in [7, 11) is -3.67. The van der Waals surface area contributed by atoms with E-state index in [0.29, 0.717) is 18.2 Å². The first-order valence-corrected chi connectivity index (χ1v) is 15.8. The molecule has 0 fully saturated rings. The van der Waals surface area contributed by atoms with E-state index in [0.717, 1.165) is 22.4 Å². The Hall–Kier alpha value is -4.21. The Morgan fingerprint density at radius 1 is 0.756 bits per heavy atom. The molecule has 41 heavy (non-hydrogen) atoms. The van der Waals surface area contributed by atoms with Crippen molar-refractivity contribution in [1.29, 1.82) is 0 Å². The number of carbonyl (C=O) groups excluding carboxylic acids is 1. The van der Waals surface area contributed by atoms with E-state index in [1.165, 1.54) is 11.8 Å². The quantitative estimate of drug-likeness (QED) is 0.181. The van der Waals surface area contributed by atoms with Crippen LogP contribution in [0.15, 0.2) is 125 Å². The molecule has 0 saturated heterocycles. The number of aromatic nitrogens is 3. The van der Waals surface area contributed by atoms with Crippen molar-refractivity contribution in [3.05, 3.63) is 138 Å². The molecule has 0 aliphatic rings. The largest absolute Gasteiger partial charge is 0.333 e. The monoisotopic (exact) mass is 582 g/mol. The van der Waals surface area contributed by atoms with Crippen LogP contribution >= 0.6 is 11.8 Å². The summed E-state index contributed by atoms with van der Waals surface area (Å²) in [5, 5.41) is 9.05. The van der Waals surface area contributed by atoms with Gasteiger partial charge in [0, 0.05) is 18.8 Å². The van der Waals surface area contributed by atoms with Crippen molar-refractivity contribution in [1.82, 2.24) is 19.7 Å². The molecule has 1 amide bonds. The van der Waals surface area contributed by atoms with Gasteiger partial charge in [-0.1, -0.05) is 108 Å². The summed E-state index contributed by atoms with van der Waals surface area (Å²) in [6.07, 6.45) is 0. The second-order valence-corrected chi connectivity index (χ2v) is 12.6. The molecule has 0 saturated carbocycles. The standard InChI is InChI=1S/C32H30N4O3S2/c1-25-17-19-29(20-18-25)41(38,39)24-30-33-34-32(36(30)28-15-9-4-10-16-28)40-23-31(37)35(21-26-11-5-2-6-12-26)22-27-13-7-3-8-14-27/h2-20H,21-24H2,1H3. The minimum atomic E-state index is -3.67. The number of hydrogen-bond donors (Lipinski definition) is 0. The van der Waals surface area contributed by atoms with Crippen molar-refractivity contribution in [3.8, 4) is 5.69 Å². The van der Waals surface area contributed by atoms with Gasteiger partial charge in [-0.2, -0.15) is 0 Å². The van der Waals surface area contributed by atoms with Gasteiger partial charge in [0.2, 0.25) is 5.91 Å². The Morgan fingerprint density at radius 3 is 1.85 bits per heavy atom. The molecular weight excluding hydrogens is 553 g/mol. The number of carbonyl (C=O) groups is 1. The smallest absolute Gasteiger partial charge is 0.233 e. The number of amides is 1. The average molecular weight is 583 g/mol. The van der Waals surface area contributed by atoms with Gasteiger partial charge >= 0.3 is 0 Å². The van der Waals surface area contributed by atoms with Crippen molar-refractivity contribution in [2.75, 3.05) is 5.75 Å². The molecule has 5 rings (SSSR count). The molecule has 0 N–H and O–H groups in total. The van der Waals surface area contributed by atoms with Crippen molar-refractivity contribution >= 4 is 27.5 Å². The minimum absolute atomic E-state index is 0.0563. The molecular formula is C32H30N4O3S2. The second-order valence-electron chi connectivity index (χ2n) is 9.65. The molecule has 208 valence electrons. The lowest BCUT2D eigenvalue weighted by molar-refractivity contribution is -0.129. The third-order valence-electron chi connectivity index (χ3n) is 6.52. The van der Waals surface area contributed by atoms with Crippen LogP contribution in [0.1, 0.15) is 22.5 Å². The first-order valence-electron chi connectivity index (χ1n) is 13.2. The van der Waals surface area contributed by atoms with Crippen LogP contribution in [0.2, 0.25) is 0 Å². The fourth-order valence-corrected chi connectivity index (χ4v) is 6.50. The molecule has 0 bridgehead atoms. The van der Waals surface area contributed by atoms with Crippen LogP contribution in [0.4, 0.5) is 0 Å². The molecule has 4 aromatic carbocycles. The van der Waals surface area contributed by atoms with Crippen LogP contribution in [0.3, 0.4) is 0 Å². The van der Waals surface area contributed by atoms with Crippen LogP contribution in [0.25, 0.3) is 5.69 Å². The van der Waals surface area contributed by atoms with Crippen LogP contribution in [-0.4, -0.2) is 39.7 Å². The van der Waals surface area contributed by atoms with Gasteiger partial charge in [0.15, 0.2) is 20.8 Å². The van der Waals surface area contributed by atoms with E-state index in [1.807, 2.05) is 103 Å². The van der Waals surface area contributed by atoms with Crippen molar-refractivity contribution in [2.45, 2.75) is 35.8 Å². The number of para-hydroxylation sites is 1. The van der Waals surface area contributed by atoms with E-state index in [1.54, 1.807) is 28.8 Å². The highest BCUT2D eigenvalue weighted by Gasteiger charge is 2.24. The van der Waals surface area contributed by atoms with E-state index >= 15 is 0 Å². The number of hydrogen-bond acceptors (Lipinski definition) is 6. The zero-order chi connectivity index (χ0) is 28.7. The van der Waals surface area contributed by atoms with Gasteiger partial charge in [-0.15, -0.1) is 10.2 Å². The highest BCUT2D eigenvalue weighted by atomic mass is 32.2. The normalized spacial score (nSPS) is 11.3. The third kappa shape index (κ3) is 7.31. The lowest BCUT2D eigenvalue weighted by Gasteiger charge is -2.23. The number of sulfone groups is 1. The molecule has 0 aliphatic heterocycles. The van der Waals surface area contributed by atoms with Crippen molar-refractivity contribution < 1.29 is 13.2 Å². The predicted octanol–water partition coefficient (Wildman–Crippen LogP) is 5.87. The lowest BCUT2D eigenvalue weighted by atomic mass is 10.1. The zero-order valence-electron chi connectivity index (χ0n) is 22.6. The fraction of sp³-hybridized carbons (Fsp3) is 0.156. The van der Waals surface area contributed by atoms with E-state index < -0.39 is 9.84 Å². The lowest BCUT2D eigenvalue weighted by Crippen LogP contribution is -2.31. The summed E-state index contributed by atoms with van der Waals surface area (Å²) in [4.78, 5) is 15.6. The van der Waals surface area contributed by atoms with Gasteiger partial charge in [0.25, 0.3) is 0 Å².